The van der Waals surface area contributed by atoms with Crippen molar-refractivity contribution in [3.8, 4) is 0 Å². The van der Waals surface area contributed by atoms with E-state index in [9.17, 15) is 4.79 Å². The summed E-state index contributed by atoms with van der Waals surface area (Å²) in [6, 6.07) is 6.10. The number of imidazole rings is 2. The maximum atomic E-state index is 12.6. The number of aromatic nitrogens is 4. The molecule has 0 aliphatic carbocycles. The highest BCUT2D eigenvalue weighted by molar-refractivity contribution is 8.14. The molecule has 0 radical (unpaired) electrons. The van der Waals surface area contributed by atoms with Gasteiger partial charge in [0.15, 0.2) is 5.17 Å². The van der Waals surface area contributed by atoms with Crippen molar-refractivity contribution in [2.45, 2.75) is 24.6 Å². The van der Waals surface area contributed by atoms with E-state index in [2.05, 4.69) is 27.9 Å². The average Bonchev–Trinajstić information content (AvgIpc) is 3.37. The minimum atomic E-state index is -0.0479. The number of aliphatic imine (C=N–C) groups is 1. The molecule has 0 saturated heterocycles. The van der Waals surface area contributed by atoms with Crippen LogP contribution in [0.1, 0.15) is 29.9 Å². The Balaban J connectivity index is 1.75. The maximum absolute atomic E-state index is 12.6. The van der Waals surface area contributed by atoms with E-state index in [1.54, 1.807) is 15.5 Å². The highest BCUT2D eigenvalue weighted by Gasteiger charge is 2.36. The second-order valence-corrected chi connectivity index (χ2v) is 8.69. The van der Waals surface area contributed by atoms with Gasteiger partial charge >= 0.3 is 5.69 Å². The van der Waals surface area contributed by atoms with Crippen molar-refractivity contribution >= 4 is 28.0 Å². The Labute approximate surface area is 161 Å². The van der Waals surface area contributed by atoms with Crippen molar-refractivity contribution in [1.29, 1.82) is 0 Å². The Kier molecular flexibility index (Phi) is 3.72. The number of para-hydroxylation sites is 1. The summed E-state index contributed by atoms with van der Waals surface area (Å²) >= 11 is 1.83. The van der Waals surface area contributed by atoms with Gasteiger partial charge < -0.3 is 9.88 Å². The first-order valence-corrected chi connectivity index (χ1v) is 10.1. The summed E-state index contributed by atoms with van der Waals surface area (Å²) in [5, 5.41) is 1.58. The molecule has 0 spiro atoms. The first kappa shape index (κ1) is 16.7. The summed E-state index contributed by atoms with van der Waals surface area (Å²) in [4.78, 5) is 27.7. The van der Waals surface area contributed by atoms with Gasteiger partial charge in [0, 0.05) is 43.6 Å². The number of rotatable bonds is 1. The molecule has 0 amide bonds. The third-order valence-electron chi connectivity index (χ3n) is 5.57. The molecule has 2 aliphatic rings. The monoisotopic (exact) mass is 382 g/mol. The van der Waals surface area contributed by atoms with Crippen LogP contribution in [0, 0.1) is 0 Å². The standard InChI is InChI=1S/C19H22N6OS/c1-11-9-20-18(27-11)25-8-7-13-15(22-10-21-13)17(25)12-5-4-6-14-16(12)24(3)19(26)23(14)2/h4-6,10-11,17H,7-9H2,1-3H3,(H,21,22). The van der Waals surface area contributed by atoms with Gasteiger partial charge in [0.2, 0.25) is 0 Å². The van der Waals surface area contributed by atoms with Crippen molar-refractivity contribution in [3.05, 3.63) is 52.0 Å². The highest BCUT2D eigenvalue weighted by atomic mass is 32.2. The number of hydrogen-bond acceptors (Lipinski definition) is 5. The number of benzene rings is 1. The molecular formula is C19H22N6OS. The Bertz CT molecular complexity index is 1120. The molecule has 3 aromatic rings. The lowest BCUT2D eigenvalue weighted by atomic mass is 9.95. The lowest BCUT2D eigenvalue weighted by molar-refractivity contribution is 0.339. The van der Waals surface area contributed by atoms with Crippen LogP contribution in [0.5, 0.6) is 0 Å². The van der Waals surface area contributed by atoms with Crippen LogP contribution in [0.2, 0.25) is 0 Å². The fourth-order valence-corrected chi connectivity index (χ4v) is 5.24. The van der Waals surface area contributed by atoms with Gasteiger partial charge in [-0.15, -0.1) is 0 Å². The fourth-order valence-electron chi connectivity index (χ4n) is 4.25. The predicted octanol–water partition coefficient (Wildman–Crippen LogP) is 2.04. The van der Waals surface area contributed by atoms with Gasteiger partial charge in [0.05, 0.1) is 29.6 Å². The van der Waals surface area contributed by atoms with E-state index < -0.39 is 0 Å². The van der Waals surface area contributed by atoms with E-state index >= 15 is 0 Å². The number of amidine groups is 1. The summed E-state index contributed by atoms with van der Waals surface area (Å²) < 4.78 is 3.46. The summed E-state index contributed by atoms with van der Waals surface area (Å²) in [5.41, 5.74) is 5.20. The molecule has 2 aromatic heterocycles. The summed E-state index contributed by atoms with van der Waals surface area (Å²) in [6.45, 7) is 3.95. The van der Waals surface area contributed by atoms with Crippen molar-refractivity contribution in [2.75, 3.05) is 13.1 Å². The highest BCUT2D eigenvalue weighted by Crippen LogP contribution is 2.39. The molecule has 5 rings (SSSR count). The Morgan fingerprint density at radius 2 is 2.11 bits per heavy atom. The molecule has 7 nitrogen and oxygen atoms in total. The predicted molar refractivity (Wildman–Crippen MR) is 108 cm³/mol. The smallest absolute Gasteiger partial charge is 0.328 e. The van der Waals surface area contributed by atoms with E-state index in [0.717, 1.165) is 47.0 Å². The fraction of sp³-hybridized carbons (Fsp3) is 0.421. The topological polar surface area (TPSA) is 71.2 Å². The van der Waals surface area contributed by atoms with Gasteiger partial charge in [-0.05, 0) is 6.07 Å². The molecule has 140 valence electrons. The van der Waals surface area contributed by atoms with E-state index in [0.29, 0.717) is 5.25 Å². The first-order chi connectivity index (χ1) is 13.1. The van der Waals surface area contributed by atoms with Crippen LogP contribution in [0.4, 0.5) is 0 Å². The van der Waals surface area contributed by atoms with Crippen LogP contribution in [0.25, 0.3) is 11.0 Å². The summed E-state index contributed by atoms with van der Waals surface area (Å²) in [5.74, 6) is 0. The van der Waals surface area contributed by atoms with Crippen LogP contribution >= 0.6 is 11.8 Å². The molecule has 27 heavy (non-hydrogen) atoms. The van der Waals surface area contributed by atoms with Crippen LogP contribution in [0.15, 0.2) is 34.3 Å². The van der Waals surface area contributed by atoms with Gasteiger partial charge in [0.25, 0.3) is 0 Å². The zero-order valence-corrected chi connectivity index (χ0v) is 16.5. The first-order valence-electron chi connectivity index (χ1n) is 9.20. The molecule has 2 aliphatic heterocycles. The van der Waals surface area contributed by atoms with Crippen LogP contribution in [0.3, 0.4) is 0 Å². The molecule has 0 saturated carbocycles. The number of nitrogens with one attached hydrogen (secondary N) is 1. The zero-order valence-electron chi connectivity index (χ0n) is 15.6. The third-order valence-corrected chi connectivity index (χ3v) is 6.70. The van der Waals surface area contributed by atoms with Crippen LogP contribution in [-0.2, 0) is 20.5 Å². The number of thioether (sulfide) groups is 1. The minimum Gasteiger partial charge on any atom is -0.348 e. The average molecular weight is 382 g/mol. The summed E-state index contributed by atoms with van der Waals surface area (Å²) in [6.07, 6.45) is 2.70. The Morgan fingerprint density at radius 1 is 1.26 bits per heavy atom. The van der Waals surface area contributed by atoms with Crippen molar-refractivity contribution in [3.63, 3.8) is 0 Å². The molecule has 4 heterocycles. The van der Waals surface area contributed by atoms with E-state index in [4.69, 9.17) is 4.99 Å². The van der Waals surface area contributed by atoms with Gasteiger partial charge in [-0.25, -0.2) is 9.78 Å². The van der Waals surface area contributed by atoms with E-state index in [1.807, 2.05) is 38.0 Å². The SMILES string of the molecule is CC1CN=C(N2CCc3[nH]cnc3C2c2cccc3c2n(C)c(=O)n3C)S1. The molecule has 1 N–H and O–H groups in total. The quantitative estimate of drug-likeness (QED) is 0.699. The molecule has 2 unspecified atom stereocenters. The van der Waals surface area contributed by atoms with Crippen molar-refractivity contribution in [1.82, 2.24) is 24.0 Å². The van der Waals surface area contributed by atoms with Crippen LogP contribution in [-0.4, -0.2) is 47.5 Å². The molecule has 0 fully saturated rings. The minimum absolute atomic E-state index is 0.0109. The Morgan fingerprint density at radius 3 is 2.89 bits per heavy atom. The van der Waals surface area contributed by atoms with Gasteiger partial charge in [-0.2, -0.15) is 0 Å². The maximum Gasteiger partial charge on any atom is 0.328 e. The lowest BCUT2D eigenvalue weighted by Crippen LogP contribution is -2.39. The van der Waals surface area contributed by atoms with Gasteiger partial charge in [0.1, 0.15) is 6.04 Å². The van der Waals surface area contributed by atoms with Crippen LogP contribution < -0.4 is 5.69 Å². The van der Waals surface area contributed by atoms with Crippen molar-refractivity contribution < 1.29 is 0 Å². The molecular weight excluding hydrogens is 360 g/mol. The zero-order chi connectivity index (χ0) is 18.7. The number of aromatic amines is 1. The van der Waals surface area contributed by atoms with Crippen molar-refractivity contribution in [2.24, 2.45) is 19.1 Å². The van der Waals surface area contributed by atoms with E-state index in [-0.39, 0.29) is 11.7 Å². The number of fused-ring (bicyclic) bond motifs is 2. The normalized spacial score (nSPS) is 22.3. The number of H-pyrrole nitrogens is 1. The number of hydrogen-bond donors (Lipinski definition) is 1. The lowest BCUT2D eigenvalue weighted by Gasteiger charge is -2.36. The largest absolute Gasteiger partial charge is 0.348 e. The third kappa shape index (κ3) is 2.39. The second kappa shape index (κ2) is 6.02. The number of nitrogens with zero attached hydrogens (tertiary/aromatic N) is 5. The molecule has 2 atom stereocenters. The van der Waals surface area contributed by atoms with Gasteiger partial charge in [-0.1, -0.05) is 30.8 Å². The van der Waals surface area contributed by atoms with Gasteiger partial charge in [-0.3, -0.25) is 14.1 Å². The second-order valence-electron chi connectivity index (χ2n) is 7.28. The Hall–Kier alpha value is -2.48. The molecule has 1 aromatic carbocycles. The number of aryl methyl sites for hydroxylation is 2. The molecule has 0 bridgehead atoms. The van der Waals surface area contributed by atoms with E-state index in [1.165, 1.54) is 5.69 Å². The molecule has 8 heteroatoms. The summed E-state index contributed by atoms with van der Waals surface area (Å²) in [7, 11) is 3.67.